The van der Waals surface area contributed by atoms with Gasteiger partial charge in [-0.05, 0) is 42.7 Å². The first kappa shape index (κ1) is 18.7. The molecule has 0 N–H and O–H groups in total. The summed E-state index contributed by atoms with van der Waals surface area (Å²) in [6.07, 6.45) is 1.24. The molecule has 140 valence electrons. The number of hydrogen-bond acceptors (Lipinski definition) is 5. The van der Waals surface area contributed by atoms with E-state index in [1.54, 1.807) is 7.11 Å². The van der Waals surface area contributed by atoms with Gasteiger partial charge in [-0.2, -0.15) is 5.26 Å². The minimum Gasteiger partial charge on any atom is -0.497 e. The Balaban J connectivity index is 1.51. The number of pyridine rings is 1. The highest BCUT2D eigenvalue weighted by Crippen LogP contribution is 2.17. The standard InChI is InChI=1S/C21H24N4O2/c1-16-3-9-20(23-19(16)15-22)24-11-13-25(14-12-24)21(26)10-6-17-4-7-18(27-2)8-5-17/h3-5,7-9H,6,10-14H2,1-2H3. The lowest BCUT2D eigenvalue weighted by molar-refractivity contribution is -0.131. The topological polar surface area (TPSA) is 69.5 Å². The lowest BCUT2D eigenvalue weighted by atomic mass is 10.1. The van der Waals surface area contributed by atoms with E-state index in [2.05, 4.69) is 16.0 Å². The Morgan fingerprint density at radius 3 is 2.48 bits per heavy atom. The van der Waals surface area contributed by atoms with Crippen LogP contribution in [0, 0.1) is 18.3 Å². The van der Waals surface area contributed by atoms with E-state index in [4.69, 9.17) is 10.00 Å². The van der Waals surface area contributed by atoms with Crippen molar-refractivity contribution >= 4 is 11.7 Å². The fraction of sp³-hybridized carbons (Fsp3) is 0.381. The van der Waals surface area contributed by atoms with E-state index in [9.17, 15) is 4.79 Å². The van der Waals surface area contributed by atoms with Crippen molar-refractivity contribution in [1.29, 1.82) is 5.26 Å². The molecule has 0 aliphatic carbocycles. The number of aryl methyl sites for hydroxylation is 2. The maximum absolute atomic E-state index is 12.5. The predicted octanol–water partition coefficient (Wildman–Crippen LogP) is 2.55. The zero-order valence-corrected chi connectivity index (χ0v) is 15.8. The van der Waals surface area contributed by atoms with E-state index >= 15 is 0 Å². The zero-order valence-electron chi connectivity index (χ0n) is 15.8. The van der Waals surface area contributed by atoms with Gasteiger partial charge in [0.1, 0.15) is 23.3 Å². The third kappa shape index (κ3) is 4.56. The number of hydrogen-bond donors (Lipinski definition) is 0. The Hall–Kier alpha value is -3.07. The minimum absolute atomic E-state index is 0.181. The molecule has 0 spiro atoms. The van der Waals surface area contributed by atoms with Gasteiger partial charge in [-0.15, -0.1) is 0 Å². The molecule has 3 rings (SSSR count). The number of methoxy groups -OCH3 is 1. The highest BCUT2D eigenvalue weighted by Gasteiger charge is 2.22. The summed E-state index contributed by atoms with van der Waals surface area (Å²) in [6.45, 7) is 4.71. The third-order valence-electron chi connectivity index (χ3n) is 4.93. The van der Waals surface area contributed by atoms with Crippen molar-refractivity contribution in [2.75, 3.05) is 38.2 Å². The number of piperazine rings is 1. The average molecular weight is 364 g/mol. The summed E-state index contributed by atoms with van der Waals surface area (Å²) in [6, 6.07) is 13.8. The van der Waals surface area contributed by atoms with Crippen LogP contribution in [-0.4, -0.2) is 49.1 Å². The van der Waals surface area contributed by atoms with Gasteiger partial charge in [0, 0.05) is 32.6 Å². The number of ether oxygens (including phenoxy) is 1. The molecule has 1 aromatic carbocycles. The number of nitriles is 1. The van der Waals surface area contributed by atoms with Crippen molar-refractivity contribution in [3.05, 3.63) is 53.2 Å². The Bertz CT molecular complexity index is 834. The van der Waals surface area contributed by atoms with Gasteiger partial charge >= 0.3 is 0 Å². The van der Waals surface area contributed by atoms with Crippen LogP contribution in [0.1, 0.15) is 23.2 Å². The fourth-order valence-electron chi connectivity index (χ4n) is 3.19. The van der Waals surface area contributed by atoms with Crippen molar-refractivity contribution in [3.8, 4) is 11.8 Å². The highest BCUT2D eigenvalue weighted by atomic mass is 16.5. The summed E-state index contributed by atoms with van der Waals surface area (Å²) in [7, 11) is 1.64. The minimum atomic E-state index is 0.181. The Morgan fingerprint density at radius 2 is 1.85 bits per heavy atom. The Morgan fingerprint density at radius 1 is 1.15 bits per heavy atom. The molecule has 1 aromatic heterocycles. The molecule has 1 aliphatic rings. The monoisotopic (exact) mass is 364 g/mol. The molecule has 0 saturated carbocycles. The lowest BCUT2D eigenvalue weighted by Crippen LogP contribution is -2.49. The molecule has 1 saturated heterocycles. The molecule has 0 bridgehead atoms. The van der Waals surface area contributed by atoms with E-state index < -0.39 is 0 Å². The second-order valence-corrected chi connectivity index (χ2v) is 6.66. The molecule has 2 heterocycles. The maximum atomic E-state index is 12.5. The molecular weight excluding hydrogens is 340 g/mol. The lowest BCUT2D eigenvalue weighted by Gasteiger charge is -2.35. The van der Waals surface area contributed by atoms with Gasteiger partial charge in [-0.3, -0.25) is 4.79 Å². The number of amides is 1. The number of nitrogens with zero attached hydrogens (tertiary/aromatic N) is 4. The molecule has 27 heavy (non-hydrogen) atoms. The quantitative estimate of drug-likeness (QED) is 0.815. The number of benzene rings is 1. The molecule has 6 heteroatoms. The van der Waals surface area contributed by atoms with Crippen LogP contribution in [0.25, 0.3) is 0 Å². The van der Waals surface area contributed by atoms with Crippen LogP contribution in [0.2, 0.25) is 0 Å². The van der Waals surface area contributed by atoms with Gasteiger partial charge in [-0.25, -0.2) is 4.98 Å². The fourth-order valence-corrected chi connectivity index (χ4v) is 3.19. The SMILES string of the molecule is COc1ccc(CCC(=O)N2CCN(c3ccc(C)c(C#N)n3)CC2)cc1. The first-order valence-electron chi connectivity index (χ1n) is 9.14. The molecule has 0 radical (unpaired) electrons. The Kier molecular flexibility index (Phi) is 5.92. The predicted molar refractivity (Wildman–Crippen MR) is 104 cm³/mol. The van der Waals surface area contributed by atoms with Gasteiger partial charge in [0.05, 0.1) is 7.11 Å². The number of rotatable bonds is 5. The van der Waals surface area contributed by atoms with E-state index in [1.165, 1.54) is 0 Å². The van der Waals surface area contributed by atoms with E-state index in [1.807, 2.05) is 48.2 Å². The summed E-state index contributed by atoms with van der Waals surface area (Å²) in [4.78, 5) is 21.0. The number of carbonyl (C=O) groups is 1. The second kappa shape index (κ2) is 8.54. The van der Waals surface area contributed by atoms with Crippen molar-refractivity contribution < 1.29 is 9.53 Å². The molecular formula is C21H24N4O2. The zero-order chi connectivity index (χ0) is 19.2. The van der Waals surface area contributed by atoms with Crippen LogP contribution in [0.4, 0.5) is 5.82 Å². The van der Waals surface area contributed by atoms with E-state index in [0.717, 1.165) is 42.2 Å². The van der Waals surface area contributed by atoms with Gasteiger partial charge in [0.2, 0.25) is 5.91 Å². The Labute approximate surface area is 160 Å². The summed E-state index contributed by atoms with van der Waals surface area (Å²) in [5.74, 6) is 1.81. The maximum Gasteiger partial charge on any atom is 0.223 e. The van der Waals surface area contributed by atoms with Crippen LogP contribution < -0.4 is 9.64 Å². The number of anilines is 1. The van der Waals surface area contributed by atoms with Crippen molar-refractivity contribution in [3.63, 3.8) is 0 Å². The summed E-state index contributed by atoms with van der Waals surface area (Å²) in [5.41, 5.74) is 2.48. The van der Waals surface area contributed by atoms with Crippen molar-refractivity contribution in [2.45, 2.75) is 19.8 Å². The molecule has 1 aliphatic heterocycles. The first-order valence-corrected chi connectivity index (χ1v) is 9.14. The first-order chi connectivity index (χ1) is 13.1. The second-order valence-electron chi connectivity index (χ2n) is 6.66. The van der Waals surface area contributed by atoms with E-state index in [0.29, 0.717) is 25.2 Å². The van der Waals surface area contributed by atoms with Crippen LogP contribution in [0.15, 0.2) is 36.4 Å². The van der Waals surface area contributed by atoms with Crippen molar-refractivity contribution in [1.82, 2.24) is 9.88 Å². The molecule has 1 fully saturated rings. The van der Waals surface area contributed by atoms with Crippen LogP contribution >= 0.6 is 0 Å². The van der Waals surface area contributed by atoms with Crippen LogP contribution in [0.5, 0.6) is 5.75 Å². The van der Waals surface area contributed by atoms with Crippen LogP contribution in [0.3, 0.4) is 0 Å². The molecule has 6 nitrogen and oxygen atoms in total. The van der Waals surface area contributed by atoms with Gasteiger partial charge in [0.25, 0.3) is 0 Å². The molecule has 0 unspecified atom stereocenters. The molecule has 2 aromatic rings. The molecule has 0 atom stereocenters. The van der Waals surface area contributed by atoms with Gasteiger partial charge in [-0.1, -0.05) is 18.2 Å². The normalized spacial score (nSPS) is 14.0. The number of aromatic nitrogens is 1. The summed E-state index contributed by atoms with van der Waals surface area (Å²) >= 11 is 0. The van der Waals surface area contributed by atoms with Gasteiger partial charge < -0.3 is 14.5 Å². The third-order valence-corrected chi connectivity index (χ3v) is 4.93. The smallest absolute Gasteiger partial charge is 0.223 e. The van der Waals surface area contributed by atoms with Crippen molar-refractivity contribution in [2.24, 2.45) is 0 Å². The number of carbonyl (C=O) groups excluding carboxylic acids is 1. The largest absolute Gasteiger partial charge is 0.497 e. The summed E-state index contributed by atoms with van der Waals surface area (Å²) < 4.78 is 5.15. The molecule has 1 amide bonds. The van der Waals surface area contributed by atoms with E-state index in [-0.39, 0.29) is 5.91 Å². The van der Waals surface area contributed by atoms with Crippen LogP contribution in [-0.2, 0) is 11.2 Å². The highest BCUT2D eigenvalue weighted by molar-refractivity contribution is 5.76. The van der Waals surface area contributed by atoms with Gasteiger partial charge in [0.15, 0.2) is 0 Å². The summed E-state index contributed by atoms with van der Waals surface area (Å²) in [5, 5.41) is 9.15. The average Bonchev–Trinajstić information content (AvgIpc) is 2.73.